The van der Waals surface area contributed by atoms with E-state index in [2.05, 4.69) is 10.1 Å². The van der Waals surface area contributed by atoms with E-state index >= 15 is 0 Å². The van der Waals surface area contributed by atoms with Crippen molar-refractivity contribution in [2.24, 2.45) is 5.92 Å². The van der Waals surface area contributed by atoms with E-state index in [4.69, 9.17) is 9.47 Å². The summed E-state index contributed by atoms with van der Waals surface area (Å²) >= 11 is 0. The number of halogens is 3. The lowest BCUT2D eigenvalue weighted by atomic mass is 9.96. The lowest BCUT2D eigenvalue weighted by Gasteiger charge is -2.23. The van der Waals surface area contributed by atoms with Gasteiger partial charge in [-0.2, -0.15) is 8.78 Å². The Morgan fingerprint density at radius 2 is 1.92 bits per heavy atom. The molecular weight excluding hydrogens is 489 g/mol. The molecule has 0 bridgehead atoms. The Morgan fingerprint density at radius 1 is 1.14 bits per heavy atom. The van der Waals surface area contributed by atoms with Crippen LogP contribution in [0.25, 0.3) is 0 Å². The molecule has 1 saturated carbocycles. The molecule has 1 saturated heterocycles. The predicted octanol–water partition coefficient (Wildman–Crippen LogP) is 4.75. The van der Waals surface area contributed by atoms with Crippen LogP contribution in [-0.4, -0.2) is 55.7 Å². The van der Waals surface area contributed by atoms with Crippen molar-refractivity contribution >= 4 is 11.8 Å². The van der Waals surface area contributed by atoms with Crippen LogP contribution < -0.4 is 19.5 Å². The van der Waals surface area contributed by atoms with Crippen molar-refractivity contribution < 1.29 is 37.0 Å². The molecule has 200 valence electrons. The first-order valence-electron chi connectivity index (χ1n) is 12.4. The summed E-state index contributed by atoms with van der Waals surface area (Å²) in [5.41, 5.74) is 0.911. The van der Waals surface area contributed by atoms with E-state index < -0.39 is 18.3 Å². The van der Waals surface area contributed by atoms with Gasteiger partial charge < -0.3 is 24.4 Å². The number of rotatable bonds is 11. The van der Waals surface area contributed by atoms with Crippen LogP contribution in [0.3, 0.4) is 0 Å². The number of alkyl halides is 2. The van der Waals surface area contributed by atoms with Crippen molar-refractivity contribution in [2.75, 3.05) is 26.3 Å². The van der Waals surface area contributed by atoms with Crippen LogP contribution in [0, 0.1) is 11.7 Å². The average molecular weight is 521 g/mol. The number of carbonyl (C=O) groups is 2. The highest BCUT2D eigenvalue weighted by Gasteiger charge is 2.35. The molecule has 0 unspecified atom stereocenters. The van der Waals surface area contributed by atoms with E-state index in [1.165, 1.54) is 31.2 Å². The third-order valence-electron chi connectivity index (χ3n) is 6.64. The molecule has 7 nitrogen and oxygen atoms in total. The fraction of sp³-hybridized carbons (Fsp3) is 0.481. The molecule has 2 amide bonds. The monoisotopic (exact) mass is 520 g/mol. The van der Waals surface area contributed by atoms with Crippen molar-refractivity contribution in [1.29, 1.82) is 0 Å². The highest BCUT2D eigenvalue weighted by Crippen LogP contribution is 2.39. The van der Waals surface area contributed by atoms with E-state index in [0.29, 0.717) is 25.5 Å². The summed E-state index contributed by atoms with van der Waals surface area (Å²) in [6, 6.07) is 8.71. The van der Waals surface area contributed by atoms with Crippen LogP contribution in [-0.2, 0) is 4.79 Å². The molecule has 0 radical (unpaired) electrons. The van der Waals surface area contributed by atoms with Gasteiger partial charge in [0.05, 0.1) is 18.8 Å². The van der Waals surface area contributed by atoms with Crippen LogP contribution in [0.1, 0.15) is 54.9 Å². The van der Waals surface area contributed by atoms with E-state index in [9.17, 15) is 22.8 Å². The zero-order chi connectivity index (χ0) is 26.5. The standard InChI is InChI=1S/C27H31F3N2O5/c1-3-35-25-21(5-4-6-22(25)28)26(34)31-13-20-11-19(14-32(20)16(2)33)18-9-10-23(37-27(29)30)24(12-18)36-15-17-7-8-17/h4-6,9-10,12,17,19-20,27H,3,7-8,11,13-15H2,1-2H3,(H,31,34)/t19-,20+/m0/s1. The molecule has 1 aliphatic heterocycles. The SMILES string of the molecule is CCOc1c(F)cccc1C(=O)NC[C@H]1C[C@H](c2ccc(OC(F)F)c(OCC3CC3)c2)CN1C(C)=O. The van der Waals surface area contributed by atoms with Crippen LogP contribution in [0.15, 0.2) is 36.4 Å². The second kappa shape index (κ2) is 11.7. The Kier molecular flexibility index (Phi) is 8.45. The normalized spacial score (nSPS) is 19.1. The number of ether oxygens (including phenoxy) is 3. The molecule has 1 heterocycles. The first-order chi connectivity index (χ1) is 17.8. The van der Waals surface area contributed by atoms with Crippen molar-refractivity contribution in [3.63, 3.8) is 0 Å². The highest BCUT2D eigenvalue weighted by atomic mass is 19.3. The van der Waals surface area contributed by atoms with E-state index in [1.54, 1.807) is 24.0 Å². The minimum Gasteiger partial charge on any atom is -0.490 e. The first-order valence-corrected chi connectivity index (χ1v) is 12.4. The molecule has 2 atom stereocenters. The molecule has 37 heavy (non-hydrogen) atoms. The van der Waals surface area contributed by atoms with Crippen LogP contribution in [0.2, 0.25) is 0 Å². The van der Waals surface area contributed by atoms with E-state index in [0.717, 1.165) is 18.4 Å². The number of benzene rings is 2. The topological polar surface area (TPSA) is 77.1 Å². The van der Waals surface area contributed by atoms with Crippen LogP contribution in [0.5, 0.6) is 17.2 Å². The van der Waals surface area contributed by atoms with Crippen LogP contribution in [0.4, 0.5) is 13.2 Å². The summed E-state index contributed by atoms with van der Waals surface area (Å²) in [4.78, 5) is 26.9. The highest BCUT2D eigenvalue weighted by molar-refractivity contribution is 5.97. The second-order valence-electron chi connectivity index (χ2n) is 9.36. The van der Waals surface area contributed by atoms with Crippen molar-refractivity contribution in [2.45, 2.75) is 51.7 Å². The molecule has 2 aromatic rings. The number of hydrogen-bond donors (Lipinski definition) is 1. The lowest BCUT2D eigenvalue weighted by Crippen LogP contribution is -2.42. The maximum Gasteiger partial charge on any atom is 0.387 e. The Labute approximate surface area is 213 Å². The van der Waals surface area contributed by atoms with Gasteiger partial charge in [0.25, 0.3) is 5.91 Å². The number of hydrogen-bond acceptors (Lipinski definition) is 5. The predicted molar refractivity (Wildman–Crippen MR) is 130 cm³/mol. The Morgan fingerprint density at radius 3 is 2.59 bits per heavy atom. The summed E-state index contributed by atoms with van der Waals surface area (Å²) < 4.78 is 55.7. The smallest absolute Gasteiger partial charge is 0.387 e. The minimum atomic E-state index is -2.97. The number of nitrogens with zero attached hydrogens (tertiary/aromatic N) is 1. The first kappa shape index (κ1) is 26.6. The van der Waals surface area contributed by atoms with Crippen molar-refractivity contribution in [3.8, 4) is 17.2 Å². The average Bonchev–Trinajstić information content (AvgIpc) is 3.59. The quantitative estimate of drug-likeness (QED) is 0.463. The number of para-hydroxylation sites is 1. The second-order valence-corrected chi connectivity index (χ2v) is 9.36. The summed E-state index contributed by atoms with van der Waals surface area (Å²) in [7, 11) is 0. The zero-order valence-electron chi connectivity index (χ0n) is 20.8. The van der Waals surface area contributed by atoms with E-state index in [-0.39, 0.29) is 53.8 Å². The molecule has 10 heteroatoms. The summed E-state index contributed by atoms with van der Waals surface area (Å²) in [6.45, 7) is 1.39. The summed E-state index contributed by atoms with van der Waals surface area (Å²) in [5.74, 6) is -0.820. The Bertz CT molecular complexity index is 1130. The van der Waals surface area contributed by atoms with Crippen molar-refractivity contribution in [3.05, 3.63) is 53.3 Å². The molecular formula is C27H31F3N2O5. The fourth-order valence-corrected chi connectivity index (χ4v) is 4.60. The number of nitrogens with one attached hydrogen (secondary N) is 1. The van der Waals surface area contributed by atoms with Gasteiger partial charge in [-0.05, 0) is 61.9 Å². The van der Waals surface area contributed by atoms with Gasteiger partial charge in [0.15, 0.2) is 23.1 Å². The minimum absolute atomic E-state index is 0.0233. The lowest BCUT2D eigenvalue weighted by molar-refractivity contribution is -0.129. The van der Waals surface area contributed by atoms with Gasteiger partial charge in [-0.25, -0.2) is 4.39 Å². The Hall–Kier alpha value is -3.43. The Balaban J connectivity index is 1.47. The fourth-order valence-electron chi connectivity index (χ4n) is 4.60. The molecule has 2 aromatic carbocycles. The largest absolute Gasteiger partial charge is 0.490 e. The molecule has 4 rings (SSSR count). The van der Waals surface area contributed by atoms with Crippen molar-refractivity contribution in [1.82, 2.24) is 10.2 Å². The molecule has 2 aliphatic rings. The third kappa shape index (κ3) is 6.67. The third-order valence-corrected chi connectivity index (χ3v) is 6.64. The van der Waals surface area contributed by atoms with Gasteiger partial charge in [-0.1, -0.05) is 12.1 Å². The van der Waals surface area contributed by atoms with Gasteiger partial charge in [0.2, 0.25) is 5.91 Å². The molecule has 0 aromatic heterocycles. The molecule has 2 fully saturated rings. The van der Waals surface area contributed by atoms with Gasteiger partial charge in [0, 0.05) is 32.0 Å². The van der Waals surface area contributed by atoms with Gasteiger partial charge >= 0.3 is 6.61 Å². The molecule has 1 aliphatic carbocycles. The van der Waals surface area contributed by atoms with Gasteiger partial charge in [-0.3, -0.25) is 9.59 Å². The maximum absolute atomic E-state index is 14.2. The molecule has 0 spiro atoms. The maximum atomic E-state index is 14.2. The van der Waals surface area contributed by atoms with Gasteiger partial charge in [0.1, 0.15) is 0 Å². The summed E-state index contributed by atoms with van der Waals surface area (Å²) in [5, 5.41) is 2.80. The van der Waals surface area contributed by atoms with E-state index in [1.807, 2.05) is 0 Å². The summed E-state index contributed by atoms with van der Waals surface area (Å²) in [6.07, 6.45) is 2.64. The number of amides is 2. The van der Waals surface area contributed by atoms with Gasteiger partial charge in [-0.15, -0.1) is 0 Å². The van der Waals surface area contributed by atoms with Crippen LogP contribution >= 0.6 is 0 Å². The molecule has 1 N–H and O–H groups in total. The number of likely N-dealkylation sites (tertiary alicyclic amines) is 1. The zero-order valence-corrected chi connectivity index (χ0v) is 20.8. The number of carbonyl (C=O) groups excluding carboxylic acids is 2.